The zero-order chi connectivity index (χ0) is 92.1. The van der Waals surface area contributed by atoms with Crippen molar-refractivity contribution in [3.63, 3.8) is 0 Å². The molecule has 10 aliphatic rings. The molecule has 0 aromatic carbocycles. The average molecular weight is 1830 g/mol. The van der Waals surface area contributed by atoms with Crippen molar-refractivity contribution in [2.75, 3.05) is 59.5 Å². The minimum atomic E-state index is -2.69. The summed E-state index contributed by atoms with van der Waals surface area (Å²) in [5.41, 5.74) is 0. The van der Waals surface area contributed by atoms with Crippen LogP contribution in [0.4, 0.5) is 0 Å². The van der Waals surface area contributed by atoms with Gasteiger partial charge in [-0.05, 0) is 6.92 Å². The lowest BCUT2D eigenvalue weighted by molar-refractivity contribution is -0.405. The van der Waals surface area contributed by atoms with E-state index in [1.54, 1.807) is 0 Å². The fourth-order valence-electron chi connectivity index (χ4n) is 16.2. The van der Waals surface area contributed by atoms with E-state index < -0.39 is 396 Å². The standard InChI is InChI=1S/C70H117N5O50/c1-16-36(88)47(99)50(102)66(109-16)107-15-30-57(44(96)31(61(106)110-30)71-17(2)83)120-64-34(74-20(5)86)45(97)55(27(12-81)115-64)122-68-53(105)58(41(93)29(118-68)14-108-69-59(49(101)40(92)25(10-79)114-69)124-63-33(73-19(4)85)43(95)38(90)23(8-77)112-63)123-70-60(52(104)56(28(13-82)117-70)119-62-32(72-18(3)84)42(94)37(89)22(7-76)111-62)125-65-35(75-21(6)87)46(98)54(26(11-80)116-65)121-67-51(103)48(100)39(91)24(9-78)113-67/h16,22-70,76-82,88-106H,7-15H2,1-6H3,(H,71,83)(H,72,84)(H,73,85)(H,74,86)(H,75,87)/t16-,22+,23+,24+,25+,26+,27+,28+,29+,30+,31+,32+,33+,34+,35-,36+,37+,38+,39-,40+,41+,42+,43+,44+,45+,46+,47+,48-,49-,50-,51+,52-,53-,54+,55+,56+,57+,58-,59-,60-,61+,62-,63-,64-,65-,66+,67-,68-,69-,70+/m0/s1. The van der Waals surface area contributed by atoms with Crippen molar-refractivity contribution in [3.05, 3.63) is 0 Å². The van der Waals surface area contributed by atoms with Crippen LogP contribution in [-0.2, 0) is 114 Å². The monoisotopic (exact) mass is 1830 g/mol. The molecule has 55 heteroatoms. The van der Waals surface area contributed by atoms with Gasteiger partial charge in [0.1, 0.15) is 238 Å². The molecule has 10 aliphatic heterocycles. The summed E-state index contributed by atoms with van der Waals surface area (Å²) in [7, 11) is 0. The SMILES string of the molecule is CC(=O)N[C@@H]1[C@H](O[C@@H]2[C@@H](O[C@@H]3[C@H](O)[C@H](O[C@H]4[C@H](O)[C@@H](NC(C)=O)[C@H](O[C@H]5[C@H](O)[C@@H](NC(C)=O)[C@H](O)O[C@@H]5CO[C@@H]5O[C@@H](C)[C@@H](O)[C@@H](O)[C@@H]5O)O[C@@H]4CO)O[C@H](CO[C@H]4O[C@H](CO)[C@@H](O)[C@H](O)[C@@H]4O[C@@H]4O[C@H](CO)[C@@H](O)[C@H](O)[C@H]4NC(C)=O)[C@H]3O)O[C@H](CO)[C@@H](O[C@@H]3O[C@H](CO)[C@@H](O)[C@H](O)[C@H]3NC(C)=O)[C@@H]2O)O[C@H](CO)[C@@H](O[C@@H]2O[C@H](CO)[C@H](O)[C@H](O)[C@H]2O)[C@@H]1O. The van der Waals surface area contributed by atoms with Crippen LogP contribution in [0.15, 0.2) is 0 Å². The lowest BCUT2D eigenvalue weighted by atomic mass is 9.93. The van der Waals surface area contributed by atoms with Crippen molar-refractivity contribution >= 4 is 29.5 Å². The van der Waals surface area contributed by atoms with Crippen molar-refractivity contribution in [1.82, 2.24) is 26.6 Å². The molecule has 0 radical (unpaired) electrons. The van der Waals surface area contributed by atoms with Crippen molar-refractivity contribution in [1.29, 1.82) is 0 Å². The van der Waals surface area contributed by atoms with Gasteiger partial charge in [0.25, 0.3) is 0 Å². The molecule has 0 spiro atoms. The van der Waals surface area contributed by atoms with Gasteiger partial charge in [0, 0.05) is 34.6 Å². The van der Waals surface area contributed by atoms with Crippen LogP contribution in [0.5, 0.6) is 0 Å². The Balaban J connectivity index is 1.04. The number of aliphatic hydroxyl groups is 26. The Kier molecular flexibility index (Phi) is 36.8. The highest BCUT2D eigenvalue weighted by atomic mass is 16.8. The summed E-state index contributed by atoms with van der Waals surface area (Å²) in [4.78, 5) is 64.4. The smallest absolute Gasteiger partial charge is 0.217 e. The van der Waals surface area contributed by atoms with Crippen LogP contribution in [0, 0.1) is 0 Å². The Bertz CT molecular complexity index is 3420. The fourth-order valence-corrected chi connectivity index (χ4v) is 16.2. The van der Waals surface area contributed by atoms with E-state index in [4.69, 9.17) is 90.0 Å². The largest absolute Gasteiger partial charge is 0.394 e. The van der Waals surface area contributed by atoms with E-state index in [0.717, 1.165) is 34.6 Å². The molecule has 10 rings (SSSR count). The molecule has 0 unspecified atom stereocenters. The van der Waals surface area contributed by atoms with Crippen molar-refractivity contribution in [2.45, 2.75) is 348 Å². The molecule has 50 atom stereocenters. The Morgan fingerprint density at radius 1 is 0.224 bits per heavy atom. The van der Waals surface area contributed by atoms with Gasteiger partial charge >= 0.3 is 0 Å². The van der Waals surface area contributed by atoms with E-state index >= 15 is 0 Å². The number of aliphatic hydroxyl groups excluding tert-OH is 26. The molecular formula is C70H117N5O50. The lowest BCUT2D eigenvalue weighted by Gasteiger charge is -2.52. The maximum atomic E-state index is 13.3. The first kappa shape index (κ1) is 103. The highest BCUT2D eigenvalue weighted by Crippen LogP contribution is 2.41. The minimum absolute atomic E-state index is 0.854. The Labute approximate surface area is 708 Å². The van der Waals surface area contributed by atoms with Gasteiger partial charge in [-0.15, -0.1) is 0 Å². The van der Waals surface area contributed by atoms with Crippen LogP contribution in [0.25, 0.3) is 0 Å². The third-order valence-electron chi connectivity index (χ3n) is 22.8. The second-order valence-corrected chi connectivity index (χ2v) is 31.7. The summed E-state index contributed by atoms with van der Waals surface area (Å²) >= 11 is 0. The van der Waals surface area contributed by atoms with Gasteiger partial charge in [-0.25, -0.2) is 0 Å². The molecule has 31 N–H and O–H groups in total. The highest BCUT2D eigenvalue weighted by molar-refractivity contribution is 5.75. The van der Waals surface area contributed by atoms with E-state index in [9.17, 15) is 157 Å². The number of carbonyl (C=O) groups is 5. The molecule has 125 heavy (non-hydrogen) atoms. The normalized spacial score (nSPS) is 48.7. The molecule has 0 aliphatic carbocycles. The minimum Gasteiger partial charge on any atom is -0.394 e. The number of ether oxygens (including phenoxy) is 19. The summed E-state index contributed by atoms with van der Waals surface area (Å²) in [6.07, 6.45) is -94.6. The van der Waals surface area contributed by atoms with E-state index in [1.165, 1.54) is 6.92 Å². The topological polar surface area (TPSA) is 847 Å². The van der Waals surface area contributed by atoms with Crippen molar-refractivity contribution in [2.24, 2.45) is 0 Å². The first-order valence-corrected chi connectivity index (χ1v) is 40.0. The third-order valence-corrected chi connectivity index (χ3v) is 22.8. The first-order valence-electron chi connectivity index (χ1n) is 40.0. The summed E-state index contributed by atoms with van der Waals surface area (Å²) < 4.78 is 114. The van der Waals surface area contributed by atoms with Crippen LogP contribution in [-0.4, -0.2) is 529 Å². The molecule has 0 aromatic heterocycles. The summed E-state index contributed by atoms with van der Waals surface area (Å²) in [5, 5.41) is 305. The maximum absolute atomic E-state index is 13.3. The zero-order valence-electron chi connectivity index (χ0n) is 67.7. The second-order valence-electron chi connectivity index (χ2n) is 31.7. The van der Waals surface area contributed by atoms with Crippen molar-refractivity contribution in [3.8, 4) is 0 Å². The fraction of sp³-hybridized carbons (Fsp3) is 0.929. The molecule has 0 bridgehead atoms. The Hall–Kier alpha value is -4.45. The van der Waals surface area contributed by atoms with Crippen LogP contribution < -0.4 is 26.6 Å². The molecule has 10 heterocycles. The molecular weight excluding hydrogens is 1710 g/mol. The van der Waals surface area contributed by atoms with Gasteiger partial charge in [-0.2, -0.15) is 0 Å². The van der Waals surface area contributed by atoms with E-state index in [2.05, 4.69) is 26.6 Å². The van der Waals surface area contributed by atoms with Gasteiger partial charge in [0.2, 0.25) is 29.5 Å². The molecule has 10 fully saturated rings. The number of rotatable bonds is 32. The number of nitrogens with one attached hydrogen (secondary N) is 5. The van der Waals surface area contributed by atoms with E-state index in [0.29, 0.717) is 0 Å². The van der Waals surface area contributed by atoms with Crippen LogP contribution in [0.2, 0.25) is 0 Å². The molecule has 0 aromatic rings. The Morgan fingerprint density at radius 2 is 0.504 bits per heavy atom. The molecule has 722 valence electrons. The maximum Gasteiger partial charge on any atom is 0.217 e. The molecule has 55 nitrogen and oxygen atoms in total. The van der Waals surface area contributed by atoms with Gasteiger partial charge in [0.15, 0.2) is 62.9 Å². The molecule has 5 amide bonds. The first-order chi connectivity index (χ1) is 59.1. The van der Waals surface area contributed by atoms with Crippen molar-refractivity contribution < 1.29 is 247 Å². The van der Waals surface area contributed by atoms with E-state index in [-0.39, 0.29) is 0 Å². The van der Waals surface area contributed by atoms with Gasteiger partial charge < -0.3 is 249 Å². The van der Waals surface area contributed by atoms with E-state index in [1.807, 2.05) is 0 Å². The van der Waals surface area contributed by atoms with Crippen LogP contribution >= 0.6 is 0 Å². The average Bonchev–Trinajstić information content (AvgIpc) is 0.760. The molecule has 10 saturated heterocycles. The zero-order valence-corrected chi connectivity index (χ0v) is 67.7. The van der Waals surface area contributed by atoms with Gasteiger partial charge in [0.05, 0.1) is 65.6 Å². The predicted molar refractivity (Wildman–Crippen MR) is 386 cm³/mol. The van der Waals surface area contributed by atoms with Crippen LogP contribution in [0.1, 0.15) is 41.5 Å². The van der Waals surface area contributed by atoms with Crippen LogP contribution in [0.3, 0.4) is 0 Å². The number of hydrogen-bond donors (Lipinski definition) is 31. The summed E-state index contributed by atoms with van der Waals surface area (Å²) in [5.74, 6) is -4.67. The highest BCUT2D eigenvalue weighted by Gasteiger charge is 2.62. The lowest BCUT2D eigenvalue weighted by Crippen LogP contribution is -2.71. The quantitative estimate of drug-likeness (QED) is 0.0297. The molecule has 0 saturated carbocycles. The summed E-state index contributed by atoms with van der Waals surface area (Å²) in [6.45, 7) is -4.13. The van der Waals surface area contributed by atoms with Gasteiger partial charge in [-0.1, -0.05) is 0 Å². The summed E-state index contributed by atoms with van der Waals surface area (Å²) in [6, 6.07) is -9.53. The third kappa shape index (κ3) is 23.1. The number of hydrogen-bond acceptors (Lipinski definition) is 50. The predicted octanol–water partition coefficient (Wildman–Crippen LogP) is -21.1. The second kappa shape index (κ2) is 44.9. The number of amides is 5. The number of carbonyl (C=O) groups excluding carboxylic acids is 5. The van der Waals surface area contributed by atoms with Gasteiger partial charge in [-0.3, -0.25) is 24.0 Å². The Morgan fingerprint density at radius 3 is 0.936 bits per heavy atom.